The first-order valence-electron chi connectivity index (χ1n) is 14.7. The van der Waals surface area contributed by atoms with Crippen LogP contribution in [0.15, 0.2) is 126 Å². The molecule has 6 nitrogen and oxygen atoms in total. The summed E-state index contributed by atoms with van der Waals surface area (Å²) in [5, 5.41) is 0. The van der Waals surface area contributed by atoms with Crippen molar-refractivity contribution in [2.45, 2.75) is 26.9 Å². The molecule has 0 saturated heterocycles. The molecule has 0 radical (unpaired) electrons. The van der Waals surface area contributed by atoms with E-state index >= 15 is 8.63 Å². The van der Waals surface area contributed by atoms with Gasteiger partial charge in [0.25, 0.3) is 0 Å². The summed E-state index contributed by atoms with van der Waals surface area (Å²) in [6.45, 7) is 5.00. The number of aromatic nitrogens is 3. The van der Waals surface area contributed by atoms with Crippen LogP contribution in [0, 0.1) is 13.8 Å². The second-order valence-electron chi connectivity index (χ2n) is 10.8. The fourth-order valence-electron chi connectivity index (χ4n) is 5.71. The number of hydrogen-bond acceptors (Lipinski definition) is 5. The summed E-state index contributed by atoms with van der Waals surface area (Å²) >= 11 is 0. The first-order valence-corrected chi connectivity index (χ1v) is 14.7. The molecule has 0 aliphatic carbocycles. The fourth-order valence-corrected chi connectivity index (χ4v) is 5.71. The third-order valence-corrected chi connectivity index (χ3v) is 7.85. The third-order valence-electron chi connectivity index (χ3n) is 7.85. The predicted molar refractivity (Wildman–Crippen MR) is 176 cm³/mol. The van der Waals surface area contributed by atoms with Crippen molar-refractivity contribution in [1.29, 1.82) is 0 Å². The lowest BCUT2D eigenvalue weighted by Gasteiger charge is -2.23. The molecule has 9 heteroatoms. The van der Waals surface area contributed by atoms with Gasteiger partial charge in [-0.15, -0.1) is 0 Å². The van der Waals surface area contributed by atoms with Crippen LogP contribution in [0.1, 0.15) is 33.8 Å². The van der Waals surface area contributed by atoms with Crippen LogP contribution >= 0.6 is 0 Å². The van der Waals surface area contributed by atoms with Crippen LogP contribution in [0.5, 0.6) is 5.75 Å². The maximum atomic E-state index is 15.0. The standard InChI is InChI=1S/C36H32BF2N5O/c1-25-9-8-10-26(2)35(25)36(33-19-18-32(44(33)37(38)39)27-13-15-30(45-3)16-14-27)31-17-20-34(42-31)43(23-28-11-4-6-21-40-28)24-29-12-5-7-22-41-29/h4-22H,23-24H2,1-3H3/b36-31-. The Labute approximate surface area is 262 Å². The molecule has 45 heavy (non-hydrogen) atoms. The molecular formula is C36H32BF2N5O. The highest BCUT2D eigenvalue weighted by molar-refractivity contribution is 6.42. The number of aliphatic imine (C=N–C) groups is 1. The minimum absolute atomic E-state index is 0.388. The number of methoxy groups -OCH3 is 1. The summed E-state index contributed by atoms with van der Waals surface area (Å²) in [6.07, 6.45) is 7.39. The van der Waals surface area contributed by atoms with Crippen molar-refractivity contribution in [3.05, 3.63) is 155 Å². The molecule has 0 N–H and O–H groups in total. The molecule has 3 aromatic heterocycles. The van der Waals surface area contributed by atoms with E-state index in [2.05, 4.69) is 14.9 Å². The van der Waals surface area contributed by atoms with Crippen molar-refractivity contribution in [2.24, 2.45) is 4.99 Å². The fraction of sp³-hybridized carbons (Fsp3) is 0.139. The van der Waals surface area contributed by atoms with Crippen molar-refractivity contribution in [1.82, 2.24) is 19.3 Å². The van der Waals surface area contributed by atoms with E-state index in [9.17, 15) is 0 Å². The number of allylic oxidation sites excluding steroid dienone is 1. The molecule has 224 valence electrons. The Hall–Kier alpha value is -5.31. The van der Waals surface area contributed by atoms with E-state index in [1.807, 2.05) is 80.6 Å². The highest BCUT2D eigenvalue weighted by Gasteiger charge is 2.29. The Bertz CT molecular complexity index is 1820. The second-order valence-corrected chi connectivity index (χ2v) is 10.8. The predicted octanol–water partition coefficient (Wildman–Crippen LogP) is 7.77. The zero-order chi connectivity index (χ0) is 31.3. The highest BCUT2D eigenvalue weighted by Crippen LogP contribution is 2.38. The summed E-state index contributed by atoms with van der Waals surface area (Å²) in [4.78, 5) is 16.3. The van der Waals surface area contributed by atoms with Gasteiger partial charge in [-0.3, -0.25) is 18.6 Å². The maximum Gasteiger partial charge on any atom is 0.678 e. The van der Waals surface area contributed by atoms with Gasteiger partial charge in [-0.25, -0.2) is 4.99 Å². The Morgan fingerprint density at radius 2 is 1.42 bits per heavy atom. The second kappa shape index (κ2) is 13.1. The Kier molecular flexibility index (Phi) is 8.69. The van der Waals surface area contributed by atoms with E-state index in [0.717, 1.165) is 32.6 Å². The van der Waals surface area contributed by atoms with Gasteiger partial charge in [0.1, 0.15) is 11.6 Å². The highest BCUT2D eigenvalue weighted by atomic mass is 19.2. The summed E-state index contributed by atoms with van der Waals surface area (Å²) < 4.78 is 36.5. The smallest absolute Gasteiger partial charge is 0.497 e. The Morgan fingerprint density at radius 1 is 0.778 bits per heavy atom. The van der Waals surface area contributed by atoms with Crippen molar-refractivity contribution in [2.75, 3.05) is 7.11 Å². The molecule has 0 unspecified atom stereocenters. The molecule has 0 atom stereocenters. The van der Waals surface area contributed by atoms with Crippen molar-refractivity contribution < 1.29 is 13.4 Å². The van der Waals surface area contributed by atoms with E-state index in [1.165, 1.54) is 0 Å². The minimum atomic E-state index is -2.79. The van der Waals surface area contributed by atoms with E-state index in [4.69, 9.17) is 9.73 Å². The molecule has 2 aromatic carbocycles. The normalized spacial score (nSPS) is 13.5. The monoisotopic (exact) mass is 599 g/mol. The van der Waals surface area contributed by atoms with Gasteiger partial charge in [-0.05, 0) is 109 Å². The van der Waals surface area contributed by atoms with Crippen LogP contribution in [-0.4, -0.2) is 39.7 Å². The van der Waals surface area contributed by atoms with E-state index in [-0.39, 0.29) is 0 Å². The summed E-state index contributed by atoms with van der Waals surface area (Å²) in [6, 6.07) is 28.2. The van der Waals surface area contributed by atoms with Gasteiger partial charge < -0.3 is 14.1 Å². The van der Waals surface area contributed by atoms with Gasteiger partial charge in [-0.1, -0.05) is 30.3 Å². The number of rotatable bonds is 9. The molecule has 0 fully saturated rings. The van der Waals surface area contributed by atoms with Crippen LogP contribution in [0.3, 0.4) is 0 Å². The van der Waals surface area contributed by atoms with Gasteiger partial charge in [0.05, 0.1) is 37.3 Å². The topological polar surface area (TPSA) is 55.5 Å². The van der Waals surface area contributed by atoms with Crippen LogP contribution < -0.4 is 4.74 Å². The molecule has 1 aliphatic heterocycles. The molecule has 6 rings (SSSR count). The van der Waals surface area contributed by atoms with E-state index < -0.39 is 7.40 Å². The lowest BCUT2D eigenvalue weighted by Crippen LogP contribution is -2.28. The number of hydrogen-bond donors (Lipinski definition) is 0. The van der Waals surface area contributed by atoms with Gasteiger partial charge >= 0.3 is 7.40 Å². The molecule has 0 spiro atoms. The summed E-state index contributed by atoms with van der Waals surface area (Å²) in [5.41, 5.74) is 7.30. The first-order chi connectivity index (χ1) is 21.9. The largest absolute Gasteiger partial charge is 0.678 e. The number of amidine groups is 1. The summed E-state index contributed by atoms with van der Waals surface area (Å²) in [7, 11) is -1.21. The number of aryl methyl sites for hydroxylation is 2. The Balaban J connectivity index is 1.51. The van der Waals surface area contributed by atoms with Gasteiger partial charge in [0.15, 0.2) is 0 Å². The summed E-state index contributed by atoms with van der Waals surface area (Å²) in [5.74, 6) is 1.36. The zero-order valence-electron chi connectivity index (χ0n) is 25.4. The average Bonchev–Trinajstić information content (AvgIpc) is 3.72. The van der Waals surface area contributed by atoms with Crippen LogP contribution in [0.2, 0.25) is 0 Å². The average molecular weight is 599 g/mol. The molecule has 0 amide bonds. The first kappa shape index (κ1) is 29.8. The van der Waals surface area contributed by atoms with Crippen molar-refractivity contribution in [3.63, 3.8) is 0 Å². The maximum absolute atomic E-state index is 15.0. The van der Waals surface area contributed by atoms with Crippen molar-refractivity contribution >= 4 is 18.8 Å². The number of halogens is 2. The lowest BCUT2D eigenvalue weighted by molar-refractivity contribution is 0.398. The molecule has 0 bridgehead atoms. The van der Waals surface area contributed by atoms with E-state index in [0.29, 0.717) is 52.9 Å². The Morgan fingerprint density at radius 3 is 1.98 bits per heavy atom. The quantitative estimate of drug-likeness (QED) is 0.163. The number of ether oxygens (including phenoxy) is 1. The number of nitrogens with zero attached hydrogens (tertiary/aromatic N) is 5. The molecule has 0 saturated carbocycles. The molecular weight excluding hydrogens is 567 g/mol. The SMILES string of the molecule is COc1ccc(-c2ccc(/C(=C3\C=CC(N(Cc4ccccn4)Cc4ccccn4)=N3)c3c(C)cccc3C)n2B(F)F)cc1. The number of benzene rings is 2. The molecule has 5 aromatic rings. The van der Waals surface area contributed by atoms with Gasteiger partial charge in [-0.2, -0.15) is 0 Å². The van der Waals surface area contributed by atoms with Crippen LogP contribution in [0.25, 0.3) is 16.8 Å². The van der Waals surface area contributed by atoms with E-state index in [1.54, 1.807) is 55.9 Å². The zero-order valence-corrected chi connectivity index (χ0v) is 25.4. The molecule has 4 heterocycles. The van der Waals surface area contributed by atoms with Gasteiger partial charge in [0.2, 0.25) is 0 Å². The van der Waals surface area contributed by atoms with Crippen LogP contribution in [0.4, 0.5) is 8.63 Å². The van der Waals surface area contributed by atoms with Crippen molar-refractivity contribution in [3.8, 4) is 17.0 Å². The van der Waals surface area contributed by atoms with Crippen LogP contribution in [-0.2, 0) is 13.1 Å². The lowest BCUT2D eigenvalue weighted by atomic mass is 9.91. The third kappa shape index (κ3) is 6.33. The van der Waals surface area contributed by atoms with Gasteiger partial charge in [0, 0.05) is 29.4 Å². The molecule has 1 aliphatic rings. The number of pyridine rings is 2. The minimum Gasteiger partial charge on any atom is -0.497 e.